The van der Waals surface area contributed by atoms with Gasteiger partial charge >= 0.3 is 5.97 Å². The summed E-state index contributed by atoms with van der Waals surface area (Å²) in [6, 6.07) is 0.0732. The van der Waals surface area contributed by atoms with Crippen LogP contribution in [-0.2, 0) is 9.59 Å². The van der Waals surface area contributed by atoms with Crippen LogP contribution in [0.2, 0.25) is 0 Å². The maximum Gasteiger partial charge on any atom is 0.331 e. The number of nitrogens with zero attached hydrogens (tertiary/aromatic N) is 2. The van der Waals surface area contributed by atoms with Gasteiger partial charge in [-0.3, -0.25) is 9.79 Å². The topological polar surface area (TPSA) is 70.0 Å². The summed E-state index contributed by atoms with van der Waals surface area (Å²) in [6.07, 6.45) is 15.6. The second kappa shape index (κ2) is 17.9. The van der Waals surface area contributed by atoms with Crippen molar-refractivity contribution in [3.63, 3.8) is 0 Å². The van der Waals surface area contributed by atoms with Gasteiger partial charge in [0.15, 0.2) is 0 Å². The molecular formula is C35H57FN2O3. The van der Waals surface area contributed by atoms with E-state index >= 15 is 0 Å². The Hall–Kier alpha value is -2.76. The summed E-state index contributed by atoms with van der Waals surface area (Å²) >= 11 is 0. The van der Waals surface area contributed by atoms with Gasteiger partial charge in [-0.1, -0.05) is 98.8 Å². The summed E-state index contributed by atoms with van der Waals surface area (Å²) < 4.78 is 13.8. The van der Waals surface area contributed by atoms with Gasteiger partial charge in [0, 0.05) is 23.6 Å². The molecule has 2 rings (SSSR count). The molecule has 0 fully saturated rings. The zero-order chi connectivity index (χ0) is 32.0. The number of allylic oxidation sites excluding steroid dienone is 8. The summed E-state index contributed by atoms with van der Waals surface area (Å²) in [7, 11) is 0. The lowest BCUT2D eigenvalue weighted by atomic mass is 9.78. The minimum absolute atomic E-state index is 0.0395. The molecule has 0 saturated heterocycles. The van der Waals surface area contributed by atoms with Crippen LogP contribution < -0.4 is 0 Å². The second-order valence-electron chi connectivity index (χ2n) is 12.2. The van der Waals surface area contributed by atoms with Crippen molar-refractivity contribution in [3.8, 4) is 0 Å². The smallest absolute Gasteiger partial charge is 0.331 e. The molecule has 2 aliphatic rings. The van der Waals surface area contributed by atoms with E-state index in [4.69, 9.17) is 10.1 Å². The highest BCUT2D eigenvalue weighted by Crippen LogP contribution is 2.38. The molecule has 232 valence electrons. The lowest BCUT2D eigenvalue weighted by Crippen LogP contribution is -2.52. The van der Waals surface area contributed by atoms with Crippen molar-refractivity contribution in [3.05, 3.63) is 59.5 Å². The standard InChI is InChI=1S/C25H39FN2O.C8H12O2.C2H6/c1-17(2)19(4)28-23(29)22(20-11-9-10-12-21(26)14-13-20)27-25(28,8)16-15-18(3)24(5,6)7;1-3-5-6-7(4-2)8(9)10;1-2/h9,11,13-14,17-19H,10,12,15-16H2,1-8H3;3,5-6H,4H2,1-2H3,(H,9,10);1-2H3/b11-9-,20-13+,21-14+;5-3-,7-6+;. The fourth-order valence-electron chi connectivity index (χ4n) is 4.35. The lowest BCUT2D eigenvalue weighted by Gasteiger charge is -2.40. The highest BCUT2D eigenvalue weighted by Gasteiger charge is 2.47. The van der Waals surface area contributed by atoms with Crippen LogP contribution in [0.4, 0.5) is 4.39 Å². The van der Waals surface area contributed by atoms with Crippen molar-refractivity contribution in [1.82, 2.24) is 4.90 Å². The molecule has 0 saturated carbocycles. The number of carbonyl (C=O) groups excluding carboxylic acids is 1. The molecular weight excluding hydrogens is 515 g/mol. The molecule has 1 N–H and O–H groups in total. The van der Waals surface area contributed by atoms with E-state index in [1.165, 1.54) is 6.08 Å². The molecule has 1 aliphatic carbocycles. The van der Waals surface area contributed by atoms with Gasteiger partial charge in [-0.15, -0.1) is 0 Å². The summed E-state index contributed by atoms with van der Waals surface area (Å²) in [6.45, 7) is 25.2. The van der Waals surface area contributed by atoms with Crippen molar-refractivity contribution in [2.45, 2.75) is 127 Å². The third-order valence-electron chi connectivity index (χ3n) is 7.90. The molecule has 1 aliphatic heterocycles. The lowest BCUT2D eigenvalue weighted by molar-refractivity contribution is -0.133. The average molecular weight is 573 g/mol. The Labute approximate surface area is 250 Å². The fourth-order valence-corrected chi connectivity index (χ4v) is 4.35. The van der Waals surface area contributed by atoms with Crippen LogP contribution >= 0.6 is 0 Å². The quantitative estimate of drug-likeness (QED) is 0.221. The maximum absolute atomic E-state index is 13.8. The number of aliphatic imine (C=N–C) groups is 1. The molecule has 0 aromatic carbocycles. The van der Waals surface area contributed by atoms with Crippen LogP contribution in [-0.4, -0.2) is 39.3 Å². The molecule has 6 heteroatoms. The Bertz CT molecular complexity index is 1040. The van der Waals surface area contributed by atoms with Gasteiger partial charge in [0.2, 0.25) is 0 Å². The molecule has 41 heavy (non-hydrogen) atoms. The minimum Gasteiger partial charge on any atom is -0.478 e. The Kier molecular flexibility index (Phi) is 16.7. The predicted molar refractivity (Wildman–Crippen MR) is 173 cm³/mol. The highest BCUT2D eigenvalue weighted by atomic mass is 19.1. The van der Waals surface area contributed by atoms with Crippen LogP contribution in [0.3, 0.4) is 0 Å². The van der Waals surface area contributed by atoms with E-state index in [0.717, 1.165) is 12.8 Å². The summed E-state index contributed by atoms with van der Waals surface area (Å²) in [5.74, 6) is -0.190. The van der Waals surface area contributed by atoms with Crippen molar-refractivity contribution >= 4 is 17.6 Å². The third kappa shape index (κ3) is 11.9. The number of halogens is 1. The summed E-state index contributed by atoms with van der Waals surface area (Å²) in [4.78, 5) is 30.8. The van der Waals surface area contributed by atoms with Crippen molar-refractivity contribution in [2.24, 2.45) is 22.2 Å². The number of aliphatic carboxylic acids is 1. The van der Waals surface area contributed by atoms with Crippen LogP contribution in [0.15, 0.2) is 64.5 Å². The number of hydrogen-bond donors (Lipinski definition) is 1. The maximum atomic E-state index is 13.8. The Morgan fingerprint density at radius 2 is 1.80 bits per heavy atom. The van der Waals surface area contributed by atoms with Crippen LogP contribution in [0.25, 0.3) is 0 Å². The number of carboxylic acid groups (broad SMARTS) is 1. The first kappa shape index (κ1) is 38.2. The van der Waals surface area contributed by atoms with E-state index in [-0.39, 0.29) is 23.2 Å². The van der Waals surface area contributed by atoms with Crippen molar-refractivity contribution in [2.75, 3.05) is 0 Å². The molecule has 0 aromatic rings. The number of carboxylic acids is 1. The summed E-state index contributed by atoms with van der Waals surface area (Å²) in [5, 5.41) is 8.50. The van der Waals surface area contributed by atoms with Gasteiger partial charge in [-0.25, -0.2) is 9.18 Å². The number of rotatable bonds is 9. The number of amides is 1. The van der Waals surface area contributed by atoms with E-state index in [1.54, 1.807) is 24.3 Å². The van der Waals surface area contributed by atoms with Crippen LogP contribution in [0.1, 0.15) is 115 Å². The van der Waals surface area contributed by atoms with Gasteiger partial charge in [0.25, 0.3) is 5.91 Å². The molecule has 0 radical (unpaired) electrons. The molecule has 0 aromatic heterocycles. The molecule has 0 spiro atoms. The summed E-state index contributed by atoms with van der Waals surface area (Å²) in [5.41, 5.74) is 1.25. The Morgan fingerprint density at radius 3 is 2.29 bits per heavy atom. The van der Waals surface area contributed by atoms with Crippen LogP contribution in [0, 0.1) is 17.3 Å². The first-order valence-electron chi connectivity index (χ1n) is 15.3. The molecule has 1 amide bonds. The third-order valence-corrected chi connectivity index (χ3v) is 7.90. The van der Waals surface area contributed by atoms with Crippen molar-refractivity contribution < 1.29 is 19.1 Å². The Balaban J connectivity index is 0.00000113. The zero-order valence-corrected chi connectivity index (χ0v) is 27.8. The van der Waals surface area contributed by atoms with Gasteiger partial charge in [-0.05, 0) is 69.8 Å². The average Bonchev–Trinajstić information content (AvgIpc) is 3.16. The van der Waals surface area contributed by atoms with E-state index < -0.39 is 11.6 Å². The normalized spacial score (nSPS) is 24.4. The Morgan fingerprint density at radius 1 is 1.20 bits per heavy atom. The van der Waals surface area contributed by atoms with Gasteiger partial charge < -0.3 is 10.0 Å². The molecule has 5 nitrogen and oxygen atoms in total. The first-order valence-corrected chi connectivity index (χ1v) is 15.3. The van der Waals surface area contributed by atoms with E-state index in [0.29, 0.717) is 48.0 Å². The van der Waals surface area contributed by atoms with Gasteiger partial charge in [0.1, 0.15) is 17.2 Å². The molecule has 1 heterocycles. The zero-order valence-electron chi connectivity index (χ0n) is 27.8. The van der Waals surface area contributed by atoms with Gasteiger partial charge in [-0.2, -0.15) is 0 Å². The molecule has 3 atom stereocenters. The first-order chi connectivity index (χ1) is 19.1. The predicted octanol–water partition coefficient (Wildman–Crippen LogP) is 9.63. The SMILES string of the molecule is C/C=C\C=C(/CC)C(=O)O.CC.CC(C)C(C)N1C(=O)C(C2=C/C=C(/F)CC/C=C\2)=NC1(C)CCC(C)C(C)(C)C. The number of hydrogen-bond acceptors (Lipinski definition) is 3. The van der Waals surface area contributed by atoms with Crippen LogP contribution in [0.5, 0.6) is 0 Å². The largest absolute Gasteiger partial charge is 0.478 e. The minimum atomic E-state index is -0.833. The fraction of sp³-hybridized carbons (Fsp3) is 0.629. The number of carbonyl (C=O) groups is 2. The second-order valence-corrected chi connectivity index (χ2v) is 12.2. The highest BCUT2D eigenvalue weighted by molar-refractivity contribution is 6.47. The van der Waals surface area contributed by atoms with Gasteiger partial charge in [0.05, 0.1) is 0 Å². The van der Waals surface area contributed by atoms with E-state index in [2.05, 4.69) is 55.4 Å². The van der Waals surface area contributed by atoms with Crippen molar-refractivity contribution in [1.29, 1.82) is 0 Å². The molecule has 3 unspecified atom stereocenters. The van der Waals surface area contributed by atoms with E-state index in [1.807, 2.05) is 44.7 Å². The molecule has 0 bridgehead atoms. The monoisotopic (exact) mass is 572 g/mol. The van der Waals surface area contributed by atoms with E-state index in [9.17, 15) is 14.0 Å².